The van der Waals surface area contributed by atoms with Crippen molar-refractivity contribution in [3.05, 3.63) is 121 Å². The standard InChI is InChI=1S/C37H28N2OS.Pt/c1-37(2,3)23-24-15-17-29-26(21-24)16-18-30-31-19-20-38-34(36(31)41-35(29)30)27-11-7-12-28(22-27)40-33-14-8-13-32(39-33)25-9-5-4-6-10-25;/h4-9,11-21H,23H2,1-3H3;/q-2;+2. The first-order valence-corrected chi connectivity index (χ1v) is 14.6. The van der Waals surface area contributed by atoms with E-state index in [0.717, 1.165) is 33.6 Å². The van der Waals surface area contributed by atoms with Crippen LogP contribution in [0.3, 0.4) is 0 Å². The molecule has 0 spiro atoms. The molecule has 0 bridgehead atoms. The first-order chi connectivity index (χ1) is 19.9. The van der Waals surface area contributed by atoms with Gasteiger partial charge in [0.1, 0.15) is 0 Å². The van der Waals surface area contributed by atoms with Gasteiger partial charge in [-0.1, -0.05) is 69.3 Å². The Morgan fingerprint density at radius 1 is 0.786 bits per heavy atom. The van der Waals surface area contributed by atoms with Crippen molar-refractivity contribution >= 4 is 42.3 Å². The predicted molar refractivity (Wildman–Crippen MR) is 171 cm³/mol. The summed E-state index contributed by atoms with van der Waals surface area (Å²) in [6.45, 7) is 6.86. The maximum absolute atomic E-state index is 6.17. The van der Waals surface area contributed by atoms with E-state index in [1.165, 1.54) is 31.8 Å². The molecule has 0 aliphatic heterocycles. The summed E-state index contributed by atoms with van der Waals surface area (Å²) in [5.74, 6) is 1.11. The maximum Gasteiger partial charge on any atom is 2.00 e. The predicted octanol–water partition coefficient (Wildman–Crippen LogP) is 10.3. The summed E-state index contributed by atoms with van der Waals surface area (Å²) < 4.78 is 8.62. The van der Waals surface area contributed by atoms with Crippen molar-refractivity contribution in [3.8, 4) is 34.1 Å². The zero-order chi connectivity index (χ0) is 28.0. The Hall–Kier alpha value is -3.85. The molecule has 0 atom stereocenters. The number of nitrogens with zero attached hydrogens (tertiary/aromatic N) is 2. The zero-order valence-electron chi connectivity index (χ0n) is 23.5. The molecule has 0 N–H and O–H groups in total. The molecule has 3 nitrogen and oxygen atoms in total. The number of pyridine rings is 2. The monoisotopic (exact) mass is 743 g/mol. The zero-order valence-corrected chi connectivity index (χ0v) is 26.6. The summed E-state index contributed by atoms with van der Waals surface area (Å²) in [5, 5.41) is 5.04. The van der Waals surface area contributed by atoms with E-state index in [-0.39, 0.29) is 26.5 Å². The van der Waals surface area contributed by atoms with Crippen molar-refractivity contribution < 1.29 is 25.8 Å². The fourth-order valence-corrected chi connectivity index (χ4v) is 6.72. The molecular weight excluding hydrogens is 716 g/mol. The summed E-state index contributed by atoms with van der Waals surface area (Å²) in [6.07, 6.45) is 2.95. The Bertz CT molecular complexity index is 2040. The summed E-state index contributed by atoms with van der Waals surface area (Å²) in [4.78, 5) is 9.50. The van der Waals surface area contributed by atoms with Gasteiger partial charge in [0.05, 0.1) is 0 Å². The molecule has 7 aromatic rings. The second-order valence-corrected chi connectivity index (χ2v) is 12.6. The van der Waals surface area contributed by atoms with E-state index in [2.05, 4.69) is 74.3 Å². The van der Waals surface area contributed by atoms with Crippen LogP contribution in [0.15, 0.2) is 103 Å². The van der Waals surface area contributed by atoms with Gasteiger partial charge in [-0.25, -0.2) is 0 Å². The molecule has 0 unspecified atom stereocenters. The fourth-order valence-electron chi connectivity index (χ4n) is 5.39. The minimum atomic E-state index is 0. The topological polar surface area (TPSA) is 35.0 Å². The summed E-state index contributed by atoms with van der Waals surface area (Å²) in [6, 6.07) is 39.7. The molecule has 0 saturated heterocycles. The van der Waals surface area contributed by atoms with E-state index in [9.17, 15) is 0 Å². The van der Waals surface area contributed by atoms with Crippen molar-refractivity contribution in [2.24, 2.45) is 5.41 Å². The first-order valence-electron chi connectivity index (χ1n) is 13.8. The molecule has 42 heavy (non-hydrogen) atoms. The third kappa shape index (κ3) is 5.62. The molecule has 0 radical (unpaired) electrons. The molecule has 3 aromatic heterocycles. The van der Waals surface area contributed by atoms with Crippen LogP contribution in [0.2, 0.25) is 0 Å². The summed E-state index contributed by atoms with van der Waals surface area (Å²) >= 11 is 1.80. The van der Waals surface area contributed by atoms with E-state index < -0.39 is 0 Å². The largest absolute Gasteiger partial charge is 2.00 e. The van der Waals surface area contributed by atoms with Gasteiger partial charge in [0.2, 0.25) is 5.88 Å². The van der Waals surface area contributed by atoms with E-state index in [4.69, 9.17) is 9.72 Å². The Labute approximate surface area is 264 Å². The molecule has 4 aromatic carbocycles. The van der Waals surface area contributed by atoms with Gasteiger partial charge < -0.3 is 9.72 Å². The number of thiophene rings is 1. The van der Waals surface area contributed by atoms with Crippen LogP contribution in [0.25, 0.3) is 53.5 Å². The molecule has 0 aliphatic rings. The quantitative estimate of drug-likeness (QED) is 0.165. The van der Waals surface area contributed by atoms with Crippen LogP contribution in [-0.4, -0.2) is 9.97 Å². The van der Waals surface area contributed by atoms with Crippen molar-refractivity contribution in [1.29, 1.82) is 0 Å². The minimum absolute atomic E-state index is 0. The van der Waals surface area contributed by atoms with E-state index in [1.807, 2.05) is 66.9 Å². The molecule has 5 heteroatoms. The van der Waals surface area contributed by atoms with Gasteiger partial charge in [-0.15, -0.1) is 71.0 Å². The van der Waals surface area contributed by atoms with Gasteiger partial charge in [0, 0.05) is 32.4 Å². The molecule has 0 saturated carbocycles. The van der Waals surface area contributed by atoms with Gasteiger partial charge in [-0.05, 0) is 51.4 Å². The van der Waals surface area contributed by atoms with E-state index >= 15 is 0 Å². The maximum atomic E-state index is 6.17. The third-order valence-corrected chi connectivity index (χ3v) is 8.38. The van der Waals surface area contributed by atoms with Crippen LogP contribution in [0.5, 0.6) is 11.6 Å². The average Bonchev–Trinajstić information content (AvgIpc) is 3.36. The molecule has 0 aliphatic carbocycles. The number of ether oxygens (including phenoxy) is 1. The van der Waals surface area contributed by atoms with Crippen LogP contribution >= 0.6 is 11.3 Å². The number of hydrogen-bond acceptors (Lipinski definition) is 4. The summed E-state index contributed by atoms with van der Waals surface area (Å²) in [7, 11) is 0. The van der Waals surface area contributed by atoms with Gasteiger partial charge in [0.25, 0.3) is 0 Å². The van der Waals surface area contributed by atoms with Crippen LogP contribution in [0.4, 0.5) is 0 Å². The fraction of sp³-hybridized carbons (Fsp3) is 0.135. The molecule has 0 fully saturated rings. The van der Waals surface area contributed by atoms with E-state index in [0.29, 0.717) is 11.6 Å². The van der Waals surface area contributed by atoms with Crippen molar-refractivity contribution in [2.75, 3.05) is 0 Å². The molecule has 0 amide bonds. The number of fused-ring (bicyclic) bond motifs is 5. The van der Waals surface area contributed by atoms with Crippen LogP contribution in [0.1, 0.15) is 26.3 Å². The Balaban J connectivity index is 0.00000316. The smallest absolute Gasteiger partial charge is 0.460 e. The number of rotatable bonds is 5. The van der Waals surface area contributed by atoms with Gasteiger partial charge in [-0.3, -0.25) is 4.98 Å². The van der Waals surface area contributed by atoms with Crippen molar-refractivity contribution in [2.45, 2.75) is 27.2 Å². The third-order valence-electron chi connectivity index (χ3n) is 7.11. The second kappa shape index (κ2) is 11.4. The number of benzene rings is 4. The van der Waals surface area contributed by atoms with Gasteiger partial charge >= 0.3 is 21.1 Å². The second-order valence-electron chi connectivity index (χ2n) is 11.5. The molecule has 7 rings (SSSR count). The normalized spacial score (nSPS) is 11.6. The van der Waals surface area contributed by atoms with Crippen LogP contribution < -0.4 is 4.74 Å². The van der Waals surface area contributed by atoms with Crippen LogP contribution in [0, 0.1) is 17.5 Å². The Morgan fingerprint density at radius 3 is 2.43 bits per heavy atom. The molecular formula is C37H28N2OPtS. The van der Waals surface area contributed by atoms with E-state index in [1.54, 1.807) is 11.3 Å². The molecule has 208 valence electrons. The summed E-state index contributed by atoms with van der Waals surface area (Å²) in [5.41, 5.74) is 5.17. The Kier molecular flexibility index (Phi) is 7.70. The minimum Gasteiger partial charge on any atom is -0.460 e. The van der Waals surface area contributed by atoms with Crippen molar-refractivity contribution in [3.63, 3.8) is 0 Å². The molecule has 3 heterocycles. The van der Waals surface area contributed by atoms with Crippen molar-refractivity contribution in [1.82, 2.24) is 9.97 Å². The van der Waals surface area contributed by atoms with Crippen LogP contribution in [-0.2, 0) is 27.5 Å². The van der Waals surface area contributed by atoms with Gasteiger partial charge in [0.15, 0.2) is 0 Å². The Morgan fingerprint density at radius 2 is 1.60 bits per heavy atom. The van der Waals surface area contributed by atoms with Gasteiger partial charge in [-0.2, -0.15) is 0 Å². The number of aromatic nitrogens is 2. The SMILES string of the molecule is CC(C)(C)Cc1ccc2c(ccc3c4ccnc(-c5[c-]c(Oc6cccc(-c7[c-]cccc7)n6)ccc5)c4sc23)c1.[Pt+2]. The first kappa shape index (κ1) is 28.3. The number of hydrogen-bond donors (Lipinski definition) is 0. The average molecular weight is 744 g/mol.